The molecular formula is C13H15ClN2O4. The SMILES string of the molecule is CN(c1cc(Cl)ccc1C(N)=O)C1COCC1C(=O)O. The lowest BCUT2D eigenvalue weighted by atomic mass is 10.0. The topological polar surface area (TPSA) is 92.9 Å². The molecule has 0 spiro atoms. The van der Waals surface area contributed by atoms with Crippen molar-refractivity contribution < 1.29 is 19.4 Å². The minimum Gasteiger partial charge on any atom is -0.481 e. The maximum absolute atomic E-state index is 11.5. The normalized spacial score (nSPS) is 21.7. The number of hydrogen-bond acceptors (Lipinski definition) is 4. The highest BCUT2D eigenvalue weighted by Gasteiger charge is 2.37. The fourth-order valence-electron chi connectivity index (χ4n) is 2.34. The van der Waals surface area contributed by atoms with E-state index in [1.165, 1.54) is 6.07 Å². The summed E-state index contributed by atoms with van der Waals surface area (Å²) in [6.45, 7) is 0.426. The molecule has 0 saturated carbocycles. The summed E-state index contributed by atoms with van der Waals surface area (Å²) in [7, 11) is 1.70. The number of nitrogens with two attached hydrogens (primary N) is 1. The number of ether oxygens (including phenoxy) is 1. The average molecular weight is 299 g/mol. The van der Waals surface area contributed by atoms with Gasteiger partial charge in [0.1, 0.15) is 5.92 Å². The second-order valence-corrected chi connectivity index (χ2v) is 5.12. The van der Waals surface area contributed by atoms with E-state index in [1.54, 1.807) is 24.1 Å². The zero-order chi connectivity index (χ0) is 14.9. The standard InChI is InChI=1S/C13H15ClN2O4/c1-16(11-6-20-5-9(11)13(18)19)10-4-7(14)2-3-8(10)12(15)17/h2-4,9,11H,5-6H2,1H3,(H2,15,17)(H,18,19). The van der Waals surface area contributed by atoms with Crippen LogP contribution in [0.5, 0.6) is 0 Å². The van der Waals surface area contributed by atoms with E-state index >= 15 is 0 Å². The lowest BCUT2D eigenvalue weighted by Gasteiger charge is -2.29. The Hall–Kier alpha value is -1.79. The minimum atomic E-state index is -0.929. The lowest BCUT2D eigenvalue weighted by molar-refractivity contribution is -0.141. The van der Waals surface area contributed by atoms with E-state index < -0.39 is 17.8 Å². The van der Waals surface area contributed by atoms with Crippen molar-refractivity contribution in [2.24, 2.45) is 11.7 Å². The molecule has 2 rings (SSSR count). The summed E-state index contributed by atoms with van der Waals surface area (Å²) in [6.07, 6.45) is 0. The number of rotatable bonds is 4. The Bertz CT molecular complexity index is 549. The molecule has 1 aromatic carbocycles. The van der Waals surface area contributed by atoms with Crippen molar-refractivity contribution in [3.8, 4) is 0 Å². The van der Waals surface area contributed by atoms with Crippen LogP contribution in [0.2, 0.25) is 5.02 Å². The number of likely N-dealkylation sites (N-methyl/N-ethyl adjacent to an activating group) is 1. The van der Waals surface area contributed by atoms with Crippen LogP contribution in [0.15, 0.2) is 18.2 Å². The predicted molar refractivity (Wildman–Crippen MR) is 74.1 cm³/mol. The summed E-state index contributed by atoms with van der Waals surface area (Å²) in [5, 5.41) is 9.64. The number of primary amides is 1. The lowest BCUT2D eigenvalue weighted by Crippen LogP contribution is -2.41. The molecule has 1 amide bonds. The maximum Gasteiger partial charge on any atom is 0.311 e. The van der Waals surface area contributed by atoms with Crippen LogP contribution in [0.4, 0.5) is 5.69 Å². The Morgan fingerprint density at radius 1 is 1.45 bits per heavy atom. The van der Waals surface area contributed by atoms with Gasteiger partial charge in [-0.25, -0.2) is 0 Å². The molecule has 108 valence electrons. The van der Waals surface area contributed by atoms with E-state index in [0.717, 1.165) is 0 Å². The number of anilines is 1. The second-order valence-electron chi connectivity index (χ2n) is 4.69. The highest BCUT2D eigenvalue weighted by Crippen LogP contribution is 2.29. The number of aliphatic carboxylic acids is 1. The van der Waals surface area contributed by atoms with Crippen LogP contribution in [0, 0.1) is 5.92 Å². The molecule has 7 heteroatoms. The number of carboxylic acids is 1. The van der Waals surface area contributed by atoms with E-state index in [4.69, 9.17) is 22.1 Å². The Kier molecular flexibility index (Phi) is 4.15. The van der Waals surface area contributed by atoms with Gasteiger partial charge in [0, 0.05) is 12.1 Å². The fraction of sp³-hybridized carbons (Fsp3) is 0.385. The smallest absolute Gasteiger partial charge is 0.311 e. The van der Waals surface area contributed by atoms with Crippen molar-refractivity contribution in [3.05, 3.63) is 28.8 Å². The third-order valence-corrected chi connectivity index (χ3v) is 3.71. The molecular weight excluding hydrogens is 284 g/mol. The molecule has 0 bridgehead atoms. The largest absolute Gasteiger partial charge is 0.481 e. The molecule has 6 nitrogen and oxygen atoms in total. The van der Waals surface area contributed by atoms with E-state index in [2.05, 4.69) is 0 Å². The van der Waals surface area contributed by atoms with Crippen LogP contribution >= 0.6 is 11.6 Å². The number of hydrogen-bond donors (Lipinski definition) is 2. The highest BCUT2D eigenvalue weighted by molar-refractivity contribution is 6.31. The molecule has 1 saturated heterocycles. The first kappa shape index (κ1) is 14.6. The van der Waals surface area contributed by atoms with Gasteiger partial charge in [0.2, 0.25) is 0 Å². The van der Waals surface area contributed by atoms with Crippen molar-refractivity contribution in [2.45, 2.75) is 6.04 Å². The van der Waals surface area contributed by atoms with Gasteiger partial charge in [-0.05, 0) is 18.2 Å². The monoisotopic (exact) mass is 298 g/mol. The van der Waals surface area contributed by atoms with E-state index in [-0.39, 0.29) is 19.3 Å². The van der Waals surface area contributed by atoms with Crippen LogP contribution in [0.1, 0.15) is 10.4 Å². The van der Waals surface area contributed by atoms with Gasteiger partial charge in [-0.15, -0.1) is 0 Å². The van der Waals surface area contributed by atoms with E-state index in [0.29, 0.717) is 16.3 Å². The summed E-state index contributed by atoms with van der Waals surface area (Å²) >= 11 is 5.94. The first-order valence-corrected chi connectivity index (χ1v) is 6.42. The number of amides is 1. The molecule has 3 N–H and O–H groups in total. The van der Waals surface area contributed by atoms with Crippen LogP contribution in [0.3, 0.4) is 0 Å². The summed E-state index contributed by atoms with van der Waals surface area (Å²) < 4.78 is 5.23. The van der Waals surface area contributed by atoms with Crippen molar-refractivity contribution >= 4 is 29.2 Å². The van der Waals surface area contributed by atoms with Gasteiger partial charge in [0.15, 0.2) is 0 Å². The molecule has 1 heterocycles. The summed E-state index contributed by atoms with van der Waals surface area (Å²) in [5.74, 6) is -2.17. The van der Waals surface area contributed by atoms with Gasteiger partial charge in [-0.1, -0.05) is 11.6 Å². The highest BCUT2D eigenvalue weighted by atomic mass is 35.5. The fourth-order valence-corrected chi connectivity index (χ4v) is 2.51. The number of nitrogens with zero attached hydrogens (tertiary/aromatic N) is 1. The summed E-state index contributed by atoms with van der Waals surface area (Å²) in [5.41, 5.74) is 6.14. The van der Waals surface area contributed by atoms with Gasteiger partial charge in [-0.3, -0.25) is 9.59 Å². The van der Waals surface area contributed by atoms with Gasteiger partial charge in [0.25, 0.3) is 5.91 Å². The Labute approximate surface area is 121 Å². The maximum atomic E-state index is 11.5. The zero-order valence-electron chi connectivity index (χ0n) is 10.9. The summed E-state index contributed by atoms with van der Waals surface area (Å²) in [4.78, 5) is 24.4. The molecule has 0 aliphatic carbocycles. The van der Waals surface area contributed by atoms with Gasteiger partial charge in [0.05, 0.1) is 30.5 Å². The number of halogens is 1. The molecule has 2 unspecified atom stereocenters. The second kappa shape index (κ2) is 5.68. The third kappa shape index (κ3) is 2.71. The van der Waals surface area contributed by atoms with Crippen LogP contribution in [-0.4, -0.2) is 43.3 Å². The van der Waals surface area contributed by atoms with Crippen LogP contribution in [0.25, 0.3) is 0 Å². The van der Waals surface area contributed by atoms with E-state index in [9.17, 15) is 14.7 Å². The third-order valence-electron chi connectivity index (χ3n) is 3.47. The van der Waals surface area contributed by atoms with Crippen LogP contribution < -0.4 is 10.6 Å². The zero-order valence-corrected chi connectivity index (χ0v) is 11.6. The Morgan fingerprint density at radius 3 is 2.75 bits per heavy atom. The van der Waals surface area contributed by atoms with Crippen molar-refractivity contribution in [2.75, 3.05) is 25.2 Å². The van der Waals surface area contributed by atoms with Crippen molar-refractivity contribution in [1.82, 2.24) is 0 Å². The summed E-state index contributed by atoms with van der Waals surface area (Å²) in [6, 6.07) is 4.32. The number of carbonyl (C=O) groups is 2. The Balaban J connectivity index is 2.37. The molecule has 1 aliphatic heterocycles. The van der Waals surface area contributed by atoms with Crippen molar-refractivity contribution in [3.63, 3.8) is 0 Å². The molecule has 20 heavy (non-hydrogen) atoms. The molecule has 1 aliphatic rings. The Morgan fingerprint density at radius 2 is 2.15 bits per heavy atom. The number of carbonyl (C=O) groups excluding carboxylic acids is 1. The number of benzene rings is 1. The quantitative estimate of drug-likeness (QED) is 0.864. The van der Waals surface area contributed by atoms with Crippen molar-refractivity contribution in [1.29, 1.82) is 0 Å². The van der Waals surface area contributed by atoms with Gasteiger partial charge < -0.3 is 20.5 Å². The van der Waals surface area contributed by atoms with Gasteiger partial charge in [-0.2, -0.15) is 0 Å². The predicted octanol–water partition coefficient (Wildman–Crippen LogP) is 0.975. The molecule has 2 atom stereocenters. The average Bonchev–Trinajstić information content (AvgIpc) is 2.86. The molecule has 0 aromatic heterocycles. The van der Waals surface area contributed by atoms with Gasteiger partial charge >= 0.3 is 5.97 Å². The molecule has 1 aromatic rings. The first-order valence-electron chi connectivity index (χ1n) is 6.04. The van der Waals surface area contributed by atoms with E-state index in [1.807, 2.05) is 0 Å². The van der Waals surface area contributed by atoms with Crippen LogP contribution in [-0.2, 0) is 9.53 Å². The molecule has 1 fully saturated rings. The number of carboxylic acid groups (broad SMARTS) is 1. The minimum absolute atomic E-state index is 0.150. The first-order chi connectivity index (χ1) is 9.41. The molecule has 0 radical (unpaired) electrons.